The van der Waals surface area contributed by atoms with E-state index < -0.39 is 23.7 Å². The third-order valence-electron chi connectivity index (χ3n) is 4.11. The highest BCUT2D eigenvalue weighted by atomic mass is 19.1. The molecule has 1 amide bonds. The molecule has 6 heteroatoms. The number of Topliss-reactive ketones (excluding diaryl/α,β-unsaturated/α-hetero) is 1. The van der Waals surface area contributed by atoms with E-state index in [4.69, 9.17) is 0 Å². The smallest absolute Gasteiger partial charge is 0.234 e. The van der Waals surface area contributed by atoms with Gasteiger partial charge in [-0.05, 0) is 31.9 Å². The van der Waals surface area contributed by atoms with E-state index in [1.165, 1.54) is 19.1 Å². The van der Waals surface area contributed by atoms with Gasteiger partial charge in [-0.1, -0.05) is 36.4 Å². The maximum absolute atomic E-state index is 13.8. The van der Waals surface area contributed by atoms with Crippen molar-refractivity contribution in [2.24, 2.45) is 0 Å². The van der Waals surface area contributed by atoms with E-state index in [-0.39, 0.29) is 23.8 Å². The van der Waals surface area contributed by atoms with Crippen LogP contribution in [0.25, 0.3) is 0 Å². The number of carbonyl (C=O) groups is 2. The number of nitrogens with one attached hydrogen (secondary N) is 2. The predicted molar refractivity (Wildman–Crippen MR) is 95.5 cm³/mol. The van der Waals surface area contributed by atoms with E-state index >= 15 is 0 Å². The number of amides is 1. The first-order valence-electron chi connectivity index (χ1n) is 8.39. The standard InChI is InChI=1S/C20H22F2N2O2/c1-13(17-9-8-16(21)11-18(17)22)23-12-20(26)24-19(14(2)25)10-15-6-4-3-5-7-15/h3-9,11,13,19,23H,10,12H2,1-2H3,(H,24,26)/t13-,19+/m0/s1. The Balaban J connectivity index is 1.90. The molecule has 0 heterocycles. The summed E-state index contributed by atoms with van der Waals surface area (Å²) in [5, 5.41) is 5.57. The molecule has 4 nitrogen and oxygen atoms in total. The topological polar surface area (TPSA) is 58.2 Å². The lowest BCUT2D eigenvalue weighted by atomic mass is 10.0. The van der Waals surface area contributed by atoms with Gasteiger partial charge in [0.15, 0.2) is 5.78 Å². The number of hydrogen-bond donors (Lipinski definition) is 2. The molecule has 138 valence electrons. The average molecular weight is 360 g/mol. The van der Waals surface area contributed by atoms with Gasteiger partial charge >= 0.3 is 0 Å². The summed E-state index contributed by atoms with van der Waals surface area (Å²) in [7, 11) is 0. The van der Waals surface area contributed by atoms with E-state index in [2.05, 4.69) is 10.6 Å². The fraction of sp³-hybridized carbons (Fsp3) is 0.300. The first-order chi connectivity index (χ1) is 12.4. The molecule has 0 fully saturated rings. The van der Waals surface area contributed by atoms with Crippen LogP contribution in [0.1, 0.15) is 31.0 Å². The first kappa shape index (κ1) is 19.7. The highest BCUT2D eigenvalue weighted by Crippen LogP contribution is 2.17. The summed E-state index contributed by atoms with van der Waals surface area (Å²) in [5.74, 6) is -1.83. The van der Waals surface area contributed by atoms with Gasteiger partial charge in [0.2, 0.25) is 5.91 Å². The minimum Gasteiger partial charge on any atom is -0.345 e. The fourth-order valence-corrected chi connectivity index (χ4v) is 2.60. The van der Waals surface area contributed by atoms with Crippen molar-refractivity contribution in [1.29, 1.82) is 0 Å². The van der Waals surface area contributed by atoms with Gasteiger partial charge in [-0.2, -0.15) is 0 Å². The molecule has 0 saturated carbocycles. The molecule has 0 unspecified atom stereocenters. The first-order valence-corrected chi connectivity index (χ1v) is 8.39. The third kappa shape index (κ3) is 5.74. The van der Waals surface area contributed by atoms with E-state index in [0.29, 0.717) is 6.42 Å². The van der Waals surface area contributed by atoms with Crippen LogP contribution in [-0.2, 0) is 16.0 Å². The second-order valence-corrected chi connectivity index (χ2v) is 6.19. The summed E-state index contributed by atoms with van der Waals surface area (Å²) >= 11 is 0. The lowest BCUT2D eigenvalue weighted by Gasteiger charge is -2.18. The monoisotopic (exact) mass is 360 g/mol. The zero-order chi connectivity index (χ0) is 19.1. The normalized spacial score (nSPS) is 13.1. The summed E-state index contributed by atoms with van der Waals surface area (Å²) in [6, 6.07) is 11.6. The molecule has 2 atom stereocenters. The molecule has 0 saturated heterocycles. The van der Waals surface area contributed by atoms with Crippen molar-refractivity contribution in [1.82, 2.24) is 10.6 Å². The molecule has 2 aromatic rings. The fourth-order valence-electron chi connectivity index (χ4n) is 2.60. The van der Waals surface area contributed by atoms with Crippen LogP contribution >= 0.6 is 0 Å². The third-order valence-corrected chi connectivity index (χ3v) is 4.11. The van der Waals surface area contributed by atoms with E-state index in [1.807, 2.05) is 30.3 Å². The Kier molecular flexibility index (Phi) is 6.97. The largest absolute Gasteiger partial charge is 0.345 e. The predicted octanol–water partition coefficient (Wildman–Crippen LogP) is 2.93. The Morgan fingerprint density at radius 2 is 1.77 bits per heavy atom. The molecule has 0 aliphatic heterocycles. The van der Waals surface area contributed by atoms with Crippen molar-refractivity contribution in [3.8, 4) is 0 Å². The molecule has 0 bridgehead atoms. The number of rotatable bonds is 8. The Labute approximate surface area is 151 Å². The summed E-state index contributed by atoms with van der Waals surface area (Å²) in [4.78, 5) is 23.9. The SMILES string of the molecule is CC(=O)[C@@H](Cc1ccccc1)NC(=O)CN[C@@H](C)c1ccc(F)cc1F. The maximum Gasteiger partial charge on any atom is 0.234 e. The number of carbonyl (C=O) groups excluding carboxylic acids is 2. The Morgan fingerprint density at radius 3 is 2.38 bits per heavy atom. The van der Waals surface area contributed by atoms with Crippen LogP contribution < -0.4 is 10.6 Å². The molecule has 2 aromatic carbocycles. The van der Waals surface area contributed by atoms with Crippen LogP contribution in [0, 0.1) is 11.6 Å². The zero-order valence-corrected chi connectivity index (χ0v) is 14.8. The van der Waals surface area contributed by atoms with Gasteiger partial charge in [-0.25, -0.2) is 8.78 Å². The highest BCUT2D eigenvalue weighted by Gasteiger charge is 2.18. The van der Waals surface area contributed by atoms with Gasteiger partial charge < -0.3 is 10.6 Å². The van der Waals surface area contributed by atoms with Gasteiger partial charge in [-0.15, -0.1) is 0 Å². The van der Waals surface area contributed by atoms with Gasteiger partial charge in [0, 0.05) is 17.7 Å². The molecule has 0 aliphatic carbocycles. The average Bonchev–Trinajstić information content (AvgIpc) is 2.60. The van der Waals surface area contributed by atoms with Crippen molar-refractivity contribution in [3.05, 3.63) is 71.3 Å². The van der Waals surface area contributed by atoms with E-state index in [1.54, 1.807) is 6.92 Å². The summed E-state index contributed by atoms with van der Waals surface area (Å²) < 4.78 is 26.7. The second-order valence-electron chi connectivity index (χ2n) is 6.19. The molecule has 0 spiro atoms. The number of benzene rings is 2. The van der Waals surface area contributed by atoms with Crippen molar-refractivity contribution in [3.63, 3.8) is 0 Å². The summed E-state index contributed by atoms with van der Waals surface area (Å²) in [6.07, 6.45) is 0.407. The van der Waals surface area contributed by atoms with Crippen molar-refractivity contribution in [2.75, 3.05) is 6.54 Å². The number of hydrogen-bond acceptors (Lipinski definition) is 3. The Morgan fingerprint density at radius 1 is 1.08 bits per heavy atom. The minimum absolute atomic E-state index is 0.0868. The van der Waals surface area contributed by atoms with Crippen LogP contribution in [0.4, 0.5) is 8.78 Å². The van der Waals surface area contributed by atoms with Crippen LogP contribution in [0.5, 0.6) is 0 Å². The molecule has 2 N–H and O–H groups in total. The quantitative estimate of drug-likeness (QED) is 0.761. The molecule has 0 radical (unpaired) electrons. The maximum atomic E-state index is 13.8. The number of ketones is 1. The molecule has 26 heavy (non-hydrogen) atoms. The van der Waals surface area contributed by atoms with Gasteiger partial charge in [0.05, 0.1) is 12.6 Å². The number of halogens is 2. The summed E-state index contributed by atoms with van der Waals surface area (Å²) in [5.41, 5.74) is 1.22. The molecular formula is C20H22F2N2O2. The highest BCUT2D eigenvalue weighted by molar-refractivity contribution is 5.88. The molecular weight excluding hydrogens is 338 g/mol. The molecule has 0 aliphatic rings. The van der Waals surface area contributed by atoms with Crippen LogP contribution in [0.15, 0.2) is 48.5 Å². The zero-order valence-electron chi connectivity index (χ0n) is 14.8. The van der Waals surface area contributed by atoms with Gasteiger partial charge in [-0.3, -0.25) is 9.59 Å². The van der Waals surface area contributed by atoms with Crippen LogP contribution in [0.2, 0.25) is 0 Å². The second kappa shape index (κ2) is 9.20. The minimum atomic E-state index is -0.670. The molecule has 0 aromatic heterocycles. The van der Waals surface area contributed by atoms with Gasteiger partial charge in [0.25, 0.3) is 0 Å². The Hall–Kier alpha value is -2.60. The van der Waals surface area contributed by atoms with Crippen molar-refractivity contribution >= 4 is 11.7 Å². The lowest BCUT2D eigenvalue weighted by molar-refractivity contribution is -0.126. The van der Waals surface area contributed by atoms with Crippen LogP contribution in [-0.4, -0.2) is 24.3 Å². The van der Waals surface area contributed by atoms with Crippen molar-refractivity contribution < 1.29 is 18.4 Å². The van der Waals surface area contributed by atoms with Crippen LogP contribution in [0.3, 0.4) is 0 Å². The lowest BCUT2D eigenvalue weighted by Crippen LogP contribution is -2.45. The Bertz CT molecular complexity index is 766. The summed E-state index contributed by atoms with van der Waals surface area (Å²) in [6.45, 7) is 3.02. The van der Waals surface area contributed by atoms with Crippen molar-refractivity contribution in [2.45, 2.75) is 32.4 Å². The van der Waals surface area contributed by atoms with Gasteiger partial charge in [0.1, 0.15) is 11.6 Å². The van der Waals surface area contributed by atoms with E-state index in [0.717, 1.165) is 11.6 Å². The van der Waals surface area contributed by atoms with E-state index in [9.17, 15) is 18.4 Å². The molecule has 2 rings (SSSR count).